The molecule has 0 fully saturated rings. The minimum Gasteiger partial charge on any atom is -0.618 e. The van der Waals surface area contributed by atoms with Crippen LogP contribution >= 0.6 is 11.8 Å². The molecule has 2 aromatic rings. The summed E-state index contributed by atoms with van der Waals surface area (Å²) in [7, 11) is 0. The second kappa shape index (κ2) is 14.7. The first-order valence-electron chi connectivity index (χ1n) is 11.8. The van der Waals surface area contributed by atoms with Gasteiger partial charge in [0.1, 0.15) is 11.5 Å². The van der Waals surface area contributed by atoms with Gasteiger partial charge in [-0.25, -0.2) is 0 Å². The molecule has 0 bridgehead atoms. The highest BCUT2D eigenvalue weighted by Gasteiger charge is 2.28. The summed E-state index contributed by atoms with van der Waals surface area (Å²) in [4.78, 5) is 11.9. The monoisotopic (exact) mass is 475 g/mol. The van der Waals surface area contributed by atoms with Gasteiger partial charge in [0.2, 0.25) is 0 Å². The Labute approximate surface area is 202 Å². The lowest BCUT2D eigenvalue weighted by atomic mass is 9.87. The molecule has 0 amide bonds. The summed E-state index contributed by atoms with van der Waals surface area (Å²) < 4.78 is 17.6. The molecule has 0 radical (unpaired) electrons. The van der Waals surface area contributed by atoms with Gasteiger partial charge in [-0.15, -0.1) is 0 Å². The van der Waals surface area contributed by atoms with Crippen LogP contribution in [0.4, 0.5) is 0 Å². The fraction of sp³-hybridized carbons (Fsp3) is 0.538. The molecule has 1 aromatic carbocycles. The van der Waals surface area contributed by atoms with Gasteiger partial charge in [0.25, 0.3) is 5.03 Å². The number of rotatable bonds is 16. The number of benzene rings is 1. The van der Waals surface area contributed by atoms with E-state index in [-0.39, 0.29) is 5.97 Å². The van der Waals surface area contributed by atoms with Gasteiger partial charge in [-0.3, -0.25) is 4.79 Å². The molecule has 0 unspecified atom stereocenters. The van der Waals surface area contributed by atoms with Gasteiger partial charge >= 0.3 is 5.97 Å². The van der Waals surface area contributed by atoms with Crippen molar-refractivity contribution in [2.24, 2.45) is 5.41 Å². The maximum absolute atomic E-state index is 11.9. The molecule has 0 aliphatic carbocycles. The fourth-order valence-electron chi connectivity index (χ4n) is 3.19. The molecule has 33 heavy (non-hydrogen) atoms. The quantitative estimate of drug-likeness (QED) is 0.100. The van der Waals surface area contributed by atoms with Crippen LogP contribution in [-0.4, -0.2) is 31.5 Å². The number of thioether (sulfide) groups is 1. The van der Waals surface area contributed by atoms with E-state index < -0.39 is 5.41 Å². The highest BCUT2D eigenvalue weighted by molar-refractivity contribution is 7.99. The van der Waals surface area contributed by atoms with Crippen molar-refractivity contribution in [3.05, 3.63) is 53.9 Å². The van der Waals surface area contributed by atoms with Crippen molar-refractivity contribution >= 4 is 17.7 Å². The molecule has 182 valence electrons. The van der Waals surface area contributed by atoms with E-state index in [0.29, 0.717) is 19.8 Å². The third-order valence-corrected chi connectivity index (χ3v) is 6.32. The smallest absolute Gasteiger partial charge is 0.311 e. The molecular weight excluding hydrogens is 438 g/mol. The molecule has 0 spiro atoms. The fourth-order valence-corrected chi connectivity index (χ4v) is 4.11. The zero-order valence-corrected chi connectivity index (χ0v) is 20.9. The average molecular weight is 476 g/mol. The van der Waals surface area contributed by atoms with Crippen LogP contribution in [0.15, 0.2) is 53.7 Å². The predicted molar refractivity (Wildman–Crippen MR) is 132 cm³/mol. The molecule has 1 aromatic heterocycles. The Kier molecular flexibility index (Phi) is 11.9. The van der Waals surface area contributed by atoms with Crippen LogP contribution in [0, 0.1) is 10.6 Å². The van der Waals surface area contributed by atoms with Crippen molar-refractivity contribution < 1.29 is 23.7 Å². The SMILES string of the molecule is CCOC(=O)C(C)(C)CCCCOc1ccc(OCCCCCSc2cccc[n+]2[O-])cc1. The van der Waals surface area contributed by atoms with Gasteiger partial charge in [0.05, 0.1) is 25.2 Å². The average Bonchev–Trinajstić information content (AvgIpc) is 2.80. The van der Waals surface area contributed by atoms with Crippen molar-refractivity contribution in [1.29, 1.82) is 0 Å². The molecule has 0 saturated carbocycles. The van der Waals surface area contributed by atoms with E-state index in [1.165, 1.54) is 6.20 Å². The van der Waals surface area contributed by atoms with E-state index in [1.54, 1.807) is 17.8 Å². The lowest BCUT2D eigenvalue weighted by molar-refractivity contribution is -0.645. The van der Waals surface area contributed by atoms with E-state index in [0.717, 1.165) is 65.5 Å². The zero-order valence-electron chi connectivity index (χ0n) is 20.1. The molecule has 0 aliphatic rings. The molecule has 6 nitrogen and oxygen atoms in total. The molecule has 7 heteroatoms. The van der Waals surface area contributed by atoms with Crippen molar-refractivity contribution in [2.45, 2.75) is 64.3 Å². The van der Waals surface area contributed by atoms with E-state index in [9.17, 15) is 10.0 Å². The van der Waals surface area contributed by atoms with Crippen molar-refractivity contribution in [2.75, 3.05) is 25.6 Å². The number of ether oxygens (including phenoxy) is 3. The number of hydrogen-bond acceptors (Lipinski definition) is 6. The van der Waals surface area contributed by atoms with Crippen molar-refractivity contribution in [3.8, 4) is 11.5 Å². The summed E-state index contributed by atoms with van der Waals surface area (Å²) in [6, 6.07) is 13.2. The summed E-state index contributed by atoms with van der Waals surface area (Å²) >= 11 is 1.59. The Balaban J connectivity index is 1.52. The Morgan fingerprint density at radius 3 is 2.18 bits per heavy atom. The van der Waals surface area contributed by atoms with Crippen molar-refractivity contribution in [1.82, 2.24) is 0 Å². The number of pyridine rings is 1. The summed E-state index contributed by atoms with van der Waals surface area (Å²) in [6.45, 7) is 7.40. The van der Waals surface area contributed by atoms with Gasteiger partial charge in [-0.2, -0.15) is 4.73 Å². The van der Waals surface area contributed by atoms with Crippen molar-refractivity contribution in [3.63, 3.8) is 0 Å². The summed E-state index contributed by atoms with van der Waals surface area (Å²) in [5, 5.41) is 12.3. The lowest BCUT2D eigenvalue weighted by Gasteiger charge is -2.21. The van der Waals surface area contributed by atoms with E-state index in [2.05, 4.69) is 0 Å². The number of unbranched alkanes of at least 4 members (excludes halogenated alkanes) is 3. The van der Waals surface area contributed by atoms with E-state index in [1.807, 2.05) is 57.2 Å². The summed E-state index contributed by atoms with van der Waals surface area (Å²) in [5.74, 6) is 2.45. The van der Waals surface area contributed by atoms with Crippen LogP contribution in [0.25, 0.3) is 0 Å². The van der Waals surface area contributed by atoms with Crippen LogP contribution in [0.2, 0.25) is 0 Å². The molecule has 2 rings (SSSR count). The summed E-state index contributed by atoms with van der Waals surface area (Å²) in [6.07, 6.45) is 7.20. The first-order chi connectivity index (χ1) is 15.9. The van der Waals surface area contributed by atoms with E-state index in [4.69, 9.17) is 14.2 Å². The maximum Gasteiger partial charge on any atom is 0.311 e. The number of esters is 1. The van der Waals surface area contributed by atoms with Crippen LogP contribution in [0.1, 0.15) is 59.3 Å². The summed E-state index contributed by atoms with van der Waals surface area (Å²) in [5.41, 5.74) is -0.449. The Morgan fingerprint density at radius 2 is 1.58 bits per heavy atom. The largest absolute Gasteiger partial charge is 0.618 e. The number of hydrogen-bond donors (Lipinski definition) is 0. The third-order valence-electron chi connectivity index (χ3n) is 5.21. The number of carbonyl (C=O) groups excluding carboxylic acids is 1. The number of carbonyl (C=O) groups is 1. The Morgan fingerprint density at radius 1 is 0.939 bits per heavy atom. The van der Waals surface area contributed by atoms with Gasteiger partial charge in [-0.1, -0.05) is 11.8 Å². The molecular formula is C26H37NO5S. The normalized spacial score (nSPS) is 11.2. The lowest BCUT2D eigenvalue weighted by Crippen LogP contribution is -2.27. The highest BCUT2D eigenvalue weighted by atomic mass is 32.2. The highest BCUT2D eigenvalue weighted by Crippen LogP contribution is 2.25. The van der Waals surface area contributed by atoms with Crippen LogP contribution in [0.3, 0.4) is 0 Å². The van der Waals surface area contributed by atoms with Gasteiger partial charge in [0.15, 0.2) is 6.20 Å². The second-order valence-electron chi connectivity index (χ2n) is 8.50. The van der Waals surface area contributed by atoms with Gasteiger partial charge in [-0.05, 0) is 89.6 Å². The standard InChI is InChI=1S/C26H37NO5S/c1-4-30-25(28)26(2,3)17-7-10-20-32-23-15-13-22(14-16-23)31-19-9-5-11-21-33-24-12-6-8-18-27(24)29/h6,8,12-16,18H,4-5,7,9-11,17,19-21H2,1-3H3. The molecule has 0 N–H and O–H groups in total. The molecule has 0 atom stereocenters. The number of aromatic nitrogens is 1. The van der Waals surface area contributed by atoms with Gasteiger partial charge in [0, 0.05) is 17.9 Å². The van der Waals surface area contributed by atoms with Crippen LogP contribution < -0.4 is 14.2 Å². The molecule has 0 saturated heterocycles. The molecule has 0 aliphatic heterocycles. The van der Waals surface area contributed by atoms with Crippen LogP contribution in [-0.2, 0) is 9.53 Å². The van der Waals surface area contributed by atoms with Gasteiger partial charge < -0.3 is 19.4 Å². The maximum atomic E-state index is 11.9. The minimum atomic E-state index is -0.449. The topological polar surface area (TPSA) is 71.7 Å². The van der Waals surface area contributed by atoms with E-state index >= 15 is 0 Å². The zero-order chi connectivity index (χ0) is 23.9. The minimum absolute atomic E-state index is 0.135. The Bertz CT molecular complexity index is 826. The second-order valence-corrected chi connectivity index (χ2v) is 9.62. The number of nitrogens with zero attached hydrogens (tertiary/aromatic N) is 1. The third kappa shape index (κ3) is 10.4. The Hall–Kier alpha value is -2.41. The first-order valence-corrected chi connectivity index (χ1v) is 12.7. The first kappa shape index (κ1) is 26.8. The molecule has 1 heterocycles. The van der Waals surface area contributed by atoms with Crippen LogP contribution in [0.5, 0.6) is 11.5 Å². The predicted octanol–water partition coefficient (Wildman–Crippen LogP) is 5.80.